The summed E-state index contributed by atoms with van der Waals surface area (Å²) in [4.78, 5) is 2.14. The van der Waals surface area contributed by atoms with Crippen LogP contribution in [0.4, 0.5) is 0 Å². The van der Waals surface area contributed by atoms with Crippen molar-refractivity contribution in [2.45, 2.75) is 25.6 Å². The Balaban J connectivity index is 1.78. The van der Waals surface area contributed by atoms with Crippen molar-refractivity contribution in [2.75, 3.05) is 11.5 Å². The standard InChI is InChI=1S/C17H18N2O3S/c18-10-14-3-5-15(6-4-14)11-19(12-17-2-1-8-22-17)16-7-9-23(20,21)13-16/h1-6,8,16H,7,9,11-13H2/t16-/m0/s1. The molecule has 0 bridgehead atoms. The molecule has 1 aromatic carbocycles. The molecule has 0 radical (unpaired) electrons. The van der Waals surface area contributed by atoms with E-state index >= 15 is 0 Å². The maximum atomic E-state index is 11.8. The van der Waals surface area contributed by atoms with Gasteiger partial charge in [0.05, 0.1) is 35.9 Å². The van der Waals surface area contributed by atoms with E-state index in [1.807, 2.05) is 24.3 Å². The molecule has 0 saturated carbocycles. The molecule has 3 rings (SSSR count). The molecule has 6 heteroatoms. The molecular weight excluding hydrogens is 312 g/mol. The minimum atomic E-state index is -2.94. The number of benzene rings is 1. The lowest BCUT2D eigenvalue weighted by Crippen LogP contribution is -2.35. The van der Waals surface area contributed by atoms with Gasteiger partial charge in [-0.1, -0.05) is 12.1 Å². The van der Waals surface area contributed by atoms with Gasteiger partial charge >= 0.3 is 0 Å². The summed E-state index contributed by atoms with van der Waals surface area (Å²) in [7, 11) is -2.94. The third-order valence-electron chi connectivity index (χ3n) is 4.13. The number of furan rings is 1. The van der Waals surface area contributed by atoms with E-state index in [4.69, 9.17) is 9.68 Å². The largest absolute Gasteiger partial charge is 0.468 e. The molecule has 0 spiro atoms. The second kappa shape index (κ2) is 6.57. The second-order valence-corrected chi connectivity index (χ2v) is 8.08. The zero-order chi connectivity index (χ0) is 16.3. The van der Waals surface area contributed by atoms with Crippen LogP contribution in [0.3, 0.4) is 0 Å². The minimum Gasteiger partial charge on any atom is -0.468 e. The number of hydrogen-bond acceptors (Lipinski definition) is 5. The summed E-state index contributed by atoms with van der Waals surface area (Å²) in [5.41, 5.74) is 1.68. The topological polar surface area (TPSA) is 74.3 Å². The van der Waals surface area contributed by atoms with Crippen molar-refractivity contribution in [3.05, 3.63) is 59.5 Å². The van der Waals surface area contributed by atoms with Crippen molar-refractivity contribution in [3.63, 3.8) is 0 Å². The van der Waals surface area contributed by atoms with E-state index < -0.39 is 9.84 Å². The fourth-order valence-electron chi connectivity index (χ4n) is 2.90. The molecule has 0 N–H and O–H groups in total. The molecule has 2 heterocycles. The van der Waals surface area contributed by atoms with Gasteiger partial charge in [-0.2, -0.15) is 5.26 Å². The zero-order valence-electron chi connectivity index (χ0n) is 12.7. The molecule has 0 amide bonds. The van der Waals surface area contributed by atoms with Gasteiger partial charge in [0.2, 0.25) is 0 Å². The highest BCUT2D eigenvalue weighted by Gasteiger charge is 2.32. The Labute approximate surface area is 136 Å². The lowest BCUT2D eigenvalue weighted by Gasteiger charge is -2.27. The van der Waals surface area contributed by atoms with Crippen molar-refractivity contribution in [1.29, 1.82) is 5.26 Å². The Morgan fingerprint density at radius 1 is 1.22 bits per heavy atom. The second-order valence-electron chi connectivity index (χ2n) is 5.85. The van der Waals surface area contributed by atoms with E-state index in [1.165, 1.54) is 0 Å². The fourth-order valence-corrected chi connectivity index (χ4v) is 4.66. The van der Waals surface area contributed by atoms with Gasteiger partial charge in [-0.15, -0.1) is 0 Å². The van der Waals surface area contributed by atoms with Gasteiger partial charge in [-0.05, 0) is 36.2 Å². The van der Waals surface area contributed by atoms with Gasteiger partial charge in [0, 0.05) is 12.6 Å². The Hall–Kier alpha value is -2.10. The summed E-state index contributed by atoms with van der Waals surface area (Å²) < 4.78 is 29.0. The van der Waals surface area contributed by atoms with Crippen LogP contribution in [0.25, 0.3) is 0 Å². The maximum Gasteiger partial charge on any atom is 0.151 e. The Bertz CT molecular complexity index is 789. The minimum absolute atomic E-state index is 0.000688. The van der Waals surface area contributed by atoms with Crippen molar-refractivity contribution in [1.82, 2.24) is 4.90 Å². The average Bonchev–Trinajstić information content (AvgIpc) is 3.16. The molecule has 0 unspecified atom stereocenters. The van der Waals surface area contributed by atoms with Crippen LogP contribution in [-0.2, 0) is 22.9 Å². The highest BCUT2D eigenvalue weighted by Crippen LogP contribution is 2.22. The van der Waals surface area contributed by atoms with E-state index in [-0.39, 0.29) is 17.5 Å². The van der Waals surface area contributed by atoms with E-state index in [0.29, 0.717) is 25.1 Å². The Kier molecular flexibility index (Phi) is 4.51. The van der Waals surface area contributed by atoms with Crippen LogP contribution in [0.15, 0.2) is 47.1 Å². The van der Waals surface area contributed by atoms with Crippen molar-refractivity contribution in [2.24, 2.45) is 0 Å². The molecule has 23 heavy (non-hydrogen) atoms. The van der Waals surface area contributed by atoms with Crippen molar-refractivity contribution in [3.8, 4) is 6.07 Å². The first-order valence-corrected chi connectivity index (χ1v) is 9.34. The number of sulfone groups is 1. The molecule has 1 aliphatic rings. The number of nitrogens with zero attached hydrogens (tertiary/aromatic N) is 2. The van der Waals surface area contributed by atoms with Gasteiger partial charge in [0.15, 0.2) is 9.84 Å². The molecule has 1 atom stereocenters. The van der Waals surface area contributed by atoms with Crippen LogP contribution >= 0.6 is 0 Å². The summed E-state index contributed by atoms with van der Waals surface area (Å²) in [5, 5.41) is 8.87. The molecule has 5 nitrogen and oxygen atoms in total. The van der Waals surface area contributed by atoms with Gasteiger partial charge in [-0.25, -0.2) is 8.42 Å². The predicted octanol–water partition coefficient (Wildman–Crippen LogP) is 2.34. The van der Waals surface area contributed by atoms with Gasteiger partial charge in [-0.3, -0.25) is 4.90 Å². The monoisotopic (exact) mass is 330 g/mol. The van der Waals surface area contributed by atoms with Crippen LogP contribution in [0.5, 0.6) is 0 Å². The van der Waals surface area contributed by atoms with E-state index in [1.54, 1.807) is 18.4 Å². The summed E-state index contributed by atoms with van der Waals surface area (Å²) in [5.74, 6) is 1.27. The summed E-state index contributed by atoms with van der Waals surface area (Å²) in [6.07, 6.45) is 2.28. The quantitative estimate of drug-likeness (QED) is 0.841. The van der Waals surface area contributed by atoms with Crippen LogP contribution in [0.2, 0.25) is 0 Å². The van der Waals surface area contributed by atoms with Gasteiger partial charge in [0.25, 0.3) is 0 Å². The molecule has 1 aromatic heterocycles. The predicted molar refractivity (Wildman–Crippen MR) is 86.2 cm³/mol. The highest BCUT2D eigenvalue weighted by molar-refractivity contribution is 7.91. The van der Waals surface area contributed by atoms with Gasteiger partial charge < -0.3 is 4.42 Å². The van der Waals surface area contributed by atoms with Crippen LogP contribution in [0.1, 0.15) is 23.3 Å². The maximum absolute atomic E-state index is 11.8. The van der Waals surface area contributed by atoms with Crippen molar-refractivity contribution < 1.29 is 12.8 Å². The zero-order valence-corrected chi connectivity index (χ0v) is 13.5. The third kappa shape index (κ3) is 4.01. The summed E-state index contributed by atoms with van der Waals surface area (Å²) in [6, 6.07) is 13.2. The molecule has 0 aliphatic carbocycles. The first-order valence-electron chi connectivity index (χ1n) is 7.52. The third-order valence-corrected chi connectivity index (χ3v) is 5.88. The molecular formula is C17H18N2O3S. The lowest BCUT2D eigenvalue weighted by molar-refractivity contribution is 0.179. The molecule has 1 saturated heterocycles. The molecule has 1 fully saturated rings. The first kappa shape index (κ1) is 15.8. The number of hydrogen-bond donors (Lipinski definition) is 0. The Morgan fingerprint density at radius 3 is 2.57 bits per heavy atom. The molecule has 1 aliphatic heterocycles. The number of rotatable bonds is 5. The normalized spacial score (nSPS) is 19.7. The summed E-state index contributed by atoms with van der Waals surface area (Å²) in [6.45, 7) is 1.21. The molecule has 120 valence electrons. The molecule has 2 aromatic rings. The summed E-state index contributed by atoms with van der Waals surface area (Å²) >= 11 is 0. The van der Waals surface area contributed by atoms with Crippen LogP contribution in [-0.4, -0.2) is 30.9 Å². The first-order chi connectivity index (χ1) is 11.1. The number of nitriles is 1. The SMILES string of the molecule is N#Cc1ccc(CN(Cc2ccco2)[C@H]2CCS(=O)(=O)C2)cc1. The highest BCUT2D eigenvalue weighted by atomic mass is 32.2. The van der Waals surface area contributed by atoms with Gasteiger partial charge in [0.1, 0.15) is 5.76 Å². The van der Waals surface area contributed by atoms with E-state index in [0.717, 1.165) is 11.3 Å². The smallest absolute Gasteiger partial charge is 0.151 e. The van der Waals surface area contributed by atoms with Crippen molar-refractivity contribution >= 4 is 9.84 Å². The lowest BCUT2D eigenvalue weighted by atomic mass is 10.1. The van der Waals surface area contributed by atoms with Crippen LogP contribution < -0.4 is 0 Å². The Morgan fingerprint density at radius 2 is 2.00 bits per heavy atom. The van der Waals surface area contributed by atoms with Crippen LogP contribution in [0, 0.1) is 11.3 Å². The van der Waals surface area contributed by atoms with E-state index in [9.17, 15) is 8.42 Å². The average molecular weight is 330 g/mol. The fraction of sp³-hybridized carbons (Fsp3) is 0.353. The van der Waals surface area contributed by atoms with E-state index in [2.05, 4.69) is 11.0 Å².